The molecule has 1 saturated heterocycles. The standard InChI is InChI=1S/C29H28N2O7/c1-29(2)27-26(36-28(34)37-27)22-23-18(14-19(25(22)38-29)30-11-7-10-21(32)35-4)24(33)17-12-15-8-5-6-9-16(15)13-20(17)31(23)3/h5-6,8-9,12-14,26-27,30H,7,10-11H2,1-4H3/t26-,27-/m1/s1. The number of nitrogens with zero attached hydrogens (tertiary/aromatic N) is 1. The quantitative estimate of drug-likeness (QED) is 0.226. The predicted octanol–water partition coefficient (Wildman–Crippen LogP) is 4.96. The molecule has 1 N–H and O–H groups in total. The average molecular weight is 517 g/mol. The van der Waals surface area contributed by atoms with Crippen LogP contribution in [0.2, 0.25) is 0 Å². The molecule has 6 rings (SSSR count). The zero-order valence-corrected chi connectivity index (χ0v) is 21.6. The molecule has 196 valence electrons. The Hall–Kier alpha value is -4.27. The molecule has 0 spiro atoms. The molecule has 3 heterocycles. The van der Waals surface area contributed by atoms with Gasteiger partial charge >= 0.3 is 12.1 Å². The number of pyridine rings is 1. The summed E-state index contributed by atoms with van der Waals surface area (Å²) in [5, 5.41) is 6.37. The average Bonchev–Trinajstić information content (AvgIpc) is 3.31. The maximum atomic E-state index is 14.0. The van der Waals surface area contributed by atoms with Gasteiger partial charge in [0.1, 0.15) is 5.60 Å². The summed E-state index contributed by atoms with van der Waals surface area (Å²) in [6.45, 7) is 4.12. The van der Waals surface area contributed by atoms with E-state index in [0.29, 0.717) is 46.3 Å². The highest BCUT2D eigenvalue weighted by Crippen LogP contribution is 2.52. The van der Waals surface area contributed by atoms with E-state index in [4.69, 9.17) is 18.9 Å². The summed E-state index contributed by atoms with van der Waals surface area (Å²) in [6, 6.07) is 13.6. The van der Waals surface area contributed by atoms with Gasteiger partial charge in [-0.25, -0.2) is 4.79 Å². The lowest BCUT2D eigenvalue weighted by atomic mass is 9.86. The van der Waals surface area contributed by atoms with Crippen LogP contribution in [0.1, 0.15) is 38.4 Å². The Morgan fingerprint density at radius 2 is 1.82 bits per heavy atom. The van der Waals surface area contributed by atoms with Crippen molar-refractivity contribution >= 4 is 50.4 Å². The first kappa shape index (κ1) is 24.1. The van der Waals surface area contributed by atoms with Gasteiger partial charge < -0.3 is 28.8 Å². The summed E-state index contributed by atoms with van der Waals surface area (Å²) in [5.41, 5.74) is 1.54. The number of benzene rings is 3. The fraction of sp³-hybridized carbons (Fsp3) is 0.345. The van der Waals surface area contributed by atoms with Crippen molar-refractivity contribution in [2.75, 3.05) is 19.0 Å². The molecular formula is C29H28N2O7. The smallest absolute Gasteiger partial charge is 0.481 e. The number of carbonyl (C=O) groups excluding carboxylic acids is 2. The van der Waals surface area contributed by atoms with Crippen LogP contribution in [0, 0.1) is 0 Å². The number of hydrogen-bond donors (Lipinski definition) is 1. The van der Waals surface area contributed by atoms with Crippen LogP contribution in [0.4, 0.5) is 10.5 Å². The monoisotopic (exact) mass is 516 g/mol. The van der Waals surface area contributed by atoms with Gasteiger partial charge in [-0.15, -0.1) is 0 Å². The van der Waals surface area contributed by atoms with Crippen LogP contribution in [-0.2, 0) is 26.1 Å². The van der Waals surface area contributed by atoms with Crippen molar-refractivity contribution in [3.63, 3.8) is 0 Å². The van der Waals surface area contributed by atoms with Crippen LogP contribution in [0.5, 0.6) is 5.75 Å². The molecule has 1 aromatic heterocycles. The van der Waals surface area contributed by atoms with Gasteiger partial charge in [-0.05, 0) is 49.2 Å². The normalized spacial score (nSPS) is 19.4. The summed E-state index contributed by atoms with van der Waals surface area (Å²) in [4.78, 5) is 37.9. The first-order valence-corrected chi connectivity index (χ1v) is 12.6. The fourth-order valence-corrected chi connectivity index (χ4v) is 5.62. The lowest BCUT2D eigenvalue weighted by Crippen LogP contribution is -2.48. The summed E-state index contributed by atoms with van der Waals surface area (Å²) in [5.74, 6) is 0.199. The number of aryl methyl sites for hydroxylation is 1. The molecule has 0 unspecified atom stereocenters. The number of esters is 1. The van der Waals surface area contributed by atoms with Crippen LogP contribution >= 0.6 is 0 Å². The van der Waals surface area contributed by atoms with Gasteiger partial charge in [0.25, 0.3) is 0 Å². The van der Waals surface area contributed by atoms with Crippen molar-refractivity contribution in [3.8, 4) is 5.75 Å². The second kappa shape index (κ2) is 8.65. The minimum atomic E-state index is -0.883. The second-order valence-electron chi connectivity index (χ2n) is 10.3. The van der Waals surface area contributed by atoms with E-state index in [-0.39, 0.29) is 17.8 Å². The Morgan fingerprint density at radius 3 is 2.55 bits per heavy atom. The van der Waals surface area contributed by atoms with Gasteiger partial charge in [0.2, 0.25) is 0 Å². The minimum Gasteiger partial charge on any atom is -0.481 e. The molecule has 4 aromatic rings. The van der Waals surface area contributed by atoms with Crippen molar-refractivity contribution in [1.82, 2.24) is 4.57 Å². The second-order valence-corrected chi connectivity index (χ2v) is 10.3. The van der Waals surface area contributed by atoms with Crippen molar-refractivity contribution in [3.05, 3.63) is 58.3 Å². The van der Waals surface area contributed by atoms with Gasteiger partial charge in [0.05, 0.1) is 29.4 Å². The largest absolute Gasteiger partial charge is 0.509 e. The van der Waals surface area contributed by atoms with Gasteiger partial charge in [0, 0.05) is 30.8 Å². The number of hydrogen-bond acceptors (Lipinski definition) is 8. The molecular weight excluding hydrogens is 488 g/mol. The number of rotatable bonds is 5. The zero-order chi connectivity index (χ0) is 26.8. The van der Waals surface area contributed by atoms with E-state index in [1.165, 1.54) is 7.11 Å². The highest BCUT2D eigenvalue weighted by Gasteiger charge is 2.54. The van der Waals surface area contributed by atoms with Crippen LogP contribution in [0.15, 0.2) is 47.3 Å². The highest BCUT2D eigenvalue weighted by atomic mass is 16.8. The molecule has 3 aromatic carbocycles. The third-order valence-corrected chi connectivity index (χ3v) is 7.50. The molecule has 0 radical (unpaired) electrons. The minimum absolute atomic E-state index is 0.133. The number of ether oxygens (including phenoxy) is 4. The maximum absolute atomic E-state index is 14.0. The van der Waals surface area contributed by atoms with Crippen molar-refractivity contribution in [2.45, 2.75) is 44.5 Å². The highest BCUT2D eigenvalue weighted by molar-refractivity contribution is 6.04. The van der Waals surface area contributed by atoms with Crippen molar-refractivity contribution < 1.29 is 28.5 Å². The first-order chi connectivity index (χ1) is 18.2. The zero-order valence-electron chi connectivity index (χ0n) is 21.6. The van der Waals surface area contributed by atoms with Gasteiger partial charge in [-0.1, -0.05) is 24.3 Å². The molecule has 0 amide bonds. The molecule has 2 atom stereocenters. The third-order valence-electron chi connectivity index (χ3n) is 7.50. The summed E-state index contributed by atoms with van der Waals surface area (Å²) in [6.07, 6.45) is -1.45. The molecule has 38 heavy (non-hydrogen) atoms. The topological polar surface area (TPSA) is 105 Å². The predicted molar refractivity (Wildman–Crippen MR) is 143 cm³/mol. The Labute approximate surface area is 218 Å². The Bertz CT molecular complexity index is 1710. The van der Waals surface area contributed by atoms with E-state index >= 15 is 0 Å². The molecule has 1 fully saturated rings. The van der Waals surface area contributed by atoms with E-state index < -0.39 is 24.0 Å². The van der Waals surface area contributed by atoms with Crippen LogP contribution in [0.3, 0.4) is 0 Å². The Kier molecular flexibility index (Phi) is 5.48. The number of nitrogens with one attached hydrogen (secondary N) is 1. The fourth-order valence-electron chi connectivity index (χ4n) is 5.62. The number of fused-ring (bicyclic) bond motifs is 7. The van der Waals surface area contributed by atoms with Gasteiger partial charge in [-0.3, -0.25) is 9.59 Å². The molecule has 2 aliphatic heterocycles. The maximum Gasteiger partial charge on any atom is 0.509 e. The van der Waals surface area contributed by atoms with Crippen molar-refractivity contribution in [1.29, 1.82) is 0 Å². The third kappa shape index (κ3) is 3.64. The van der Waals surface area contributed by atoms with Crippen LogP contribution in [0.25, 0.3) is 32.6 Å². The van der Waals surface area contributed by atoms with E-state index in [9.17, 15) is 14.4 Å². The van der Waals surface area contributed by atoms with Gasteiger partial charge in [0.15, 0.2) is 23.4 Å². The molecule has 0 bridgehead atoms. The van der Waals surface area contributed by atoms with E-state index in [1.54, 1.807) is 6.07 Å². The SMILES string of the molecule is COC(=O)CCCNc1cc2c(=O)c3cc4ccccc4cc3n(C)c2c2c1OC(C)(C)[C@@H]1OC(=O)O[C@H]21. The number of carbonyl (C=O) groups is 2. The summed E-state index contributed by atoms with van der Waals surface area (Å²) < 4.78 is 24.4. The molecule has 2 aliphatic rings. The van der Waals surface area contributed by atoms with E-state index in [2.05, 4.69) is 5.32 Å². The lowest BCUT2D eigenvalue weighted by Gasteiger charge is -2.40. The number of anilines is 1. The van der Waals surface area contributed by atoms with E-state index in [1.807, 2.05) is 61.9 Å². The summed E-state index contributed by atoms with van der Waals surface area (Å²) in [7, 11) is 3.26. The molecule has 9 heteroatoms. The van der Waals surface area contributed by atoms with Crippen LogP contribution in [-0.4, -0.2) is 42.1 Å². The number of methoxy groups -OCH3 is 1. The molecule has 0 aliphatic carbocycles. The first-order valence-electron chi connectivity index (χ1n) is 12.6. The Balaban J connectivity index is 1.62. The van der Waals surface area contributed by atoms with E-state index in [0.717, 1.165) is 16.3 Å². The number of aromatic nitrogens is 1. The Morgan fingerprint density at radius 1 is 1.08 bits per heavy atom. The molecule has 0 saturated carbocycles. The molecule has 9 nitrogen and oxygen atoms in total. The lowest BCUT2D eigenvalue weighted by molar-refractivity contribution is -0.140. The van der Waals surface area contributed by atoms with Crippen LogP contribution < -0.4 is 15.5 Å². The van der Waals surface area contributed by atoms with Gasteiger partial charge in [-0.2, -0.15) is 0 Å². The van der Waals surface area contributed by atoms with Crippen molar-refractivity contribution in [2.24, 2.45) is 7.05 Å². The summed E-state index contributed by atoms with van der Waals surface area (Å²) >= 11 is 0.